The van der Waals surface area contributed by atoms with Gasteiger partial charge in [-0.1, -0.05) is 36.4 Å². The summed E-state index contributed by atoms with van der Waals surface area (Å²) in [5, 5.41) is 5.31. The molecule has 1 heterocycles. The second kappa shape index (κ2) is 4.72. The summed E-state index contributed by atoms with van der Waals surface area (Å²) in [6, 6.07) is 15.3. The maximum Gasteiger partial charge on any atom is 0.153 e. The van der Waals surface area contributed by atoms with Crippen LogP contribution in [0.25, 0.3) is 10.9 Å². The van der Waals surface area contributed by atoms with Crippen LogP contribution in [0.5, 0.6) is 0 Å². The Morgan fingerprint density at radius 2 is 1.68 bits per heavy atom. The minimum atomic E-state index is -0.433. The maximum atomic E-state index is 12.5. The number of aromatic nitrogens is 2. The largest absolute Gasteiger partial charge is 0.382 e. The standard InChI is InChI=1S/C15H14FN3/c16-9-11-5-7-12(8-6-11)10-19-14-4-2-1-3-13(14)15(17)18-19/h1-8H,9-10H2,(H2,17,18). The summed E-state index contributed by atoms with van der Waals surface area (Å²) in [6.07, 6.45) is 0. The second-order valence-electron chi connectivity index (χ2n) is 4.51. The first-order valence-corrected chi connectivity index (χ1v) is 6.13. The molecule has 0 saturated carbocycles. The van der Waals surface area contributed by atoms with E-state index in [9.17, 15) is 4.39 Å². The van der Waals surface area contributed by atoms with E-state index >= 15 is 0 Å². The number of hydrogen-bond acceptors (Lipinski definition) is 2. The minimum absolute atomic E-state index is 0.433. The van der Waals surface area contributed by atoms with Crippen LogP contribution in [0, 0.1) is 0 Å². The minimum Gasteiger partial charge on any atom is -0.382 e. The smallest absolute Gasteiger partial charge is 0.153 e. The van der Waals surface area contributed by atoms with Crippen LogP contribution >= 0.6 is 0 Å². The lowest BCUT2D eigenvalue weighted by Gasteiger charge is -2.04. The number of anilines is 1. The third-order valence-corrected chi connectivity index (χ3v) is 3.20. The number of nitrogen functional groups attached to an aromatic ring is 1. The fraction of sp³-hybridized carbons (Fsp3) is 0.133. The number of hydrogen-bond donors (Lipinski definition) is 1. The average molecular weight is 255 g/mol. The van der Waals surface area contributed by atoms with E-state index in [0.29, 0.717) is 17.9 Å². The molecule has 0 amide bonds. The number of fused-ring (bicyclic) bond motifs is 1. The van der Waals surface area contributed by atoms with Crippen molar-refractivity contribution in [2.45, 2.75) is 13.2 Å². The third-order valence-electron chi connectivity index (χ3n) is 3.20. The summed E-state index contributed by atoms with van der Waals surface area (Å²) in [4.78, 5) is 0. The molecule has 4 heteroatoms. The quantitative estimate of drug-likeness (QED) is 0.781. The fourth-order valence-corrected chi connectivity index (χ4v) is 2.18. The number of nitrogens with zero attached hydrogens (tertiary/aromatic N) is 2. The highest BCUT2D eigenvalue weighted by atomic mass is 19.1. The summed E-state index contributed by atoms with van der Waals surface area (Å²) in [6.45, 7) is 0.197. The lowest BCUT2D eigenvalue weighted by atomic mass is 10.1. The van der Waals surface area contributed by atoms with Crippen LogP contribution in [-0.4, -0.2) is 9.78 Å². The zero-order valence-corrected chi connectivity index (χ0v) is 10.4. The molecule has 2 aromatic carbocycles. The predicted molar refractivity (Wildman–Crippen MR) is 74.5 cm³/mol. The van der Waals surface area contributed by atoms with Crippen molar-refractivity contribution in [1.29, 1.82) is 0 Å². The molecule has 0 saturated heterocycles. The van der Waals surface area contributed by atoms with E-state index in [1.165, 1.54) is 0 Å². The van der Waals surface area contributed by atoms with Gasteiger partial charge in [0.25, 0.3) is 0 Å². The van der Waals surface area contributed by atoms with Gasteiger partial charge in [-0.2, -0.15) is 5.10 Å². The summed E-state index contributed by atoms with van der Waals surface area (Å²) in [5.41, 5.74) is 8.67. The van der Waals surface area contributed by atoms with Crippen LogP contribution in [0.15, 0.2) is 48.5 Å². The van der Waals surface area contributed by atoms with Gasteiger partial charge in [-0.3, -0.25) is 4.68 Å². The Kier molecular flexibility index (Phi) is 2.91. The van der Waals surface area contributed by atoms with E-state index in [2.05, 4.69) is 5.10 Å². The van der Waals surface area contributed by atoms with Crippen LogP contribution in [0.1, 0.15) is 11.1 Å². The van der Waals surface area contributed by atoms with Crippen molar-refractivity contribution in [2.75, 3.05) is 5.73 Å². The summed E-state index contributed by atoms with van der Waals surface area (Å²) < 4.78 is 14.3. The molecule has 19 heavy (non-hydrogen) atoms. The molecule has 3 rings (SSSR count). The Labute approximate surface area is 110 Å². The highest BCUT2D eigenvalue weighted by molar-refractivity contribution is 5.89. The van der Waals surface area contributed by atoms with Gasteiger partial charge >= 0.3 is 0 Å². The summed E-state index contributed by atoms with van der Waals surface area (Å²) >= 11 is 0. The molecule has 2 N–H and O–H groups in total. The Morgan fingerprint density at radius 3 is 2.42 bits per heavy atom. The molecule has 0 unspecified atom stereocenters. The van der Waals surface area contributed by atoms with Gasteiger partial charge in [-0.25, -0.2) is 4.39 Å². The topological polar surface area (TPSA) is 43.8 Å². The first kappa shape index (κ1) is 11.7. The van der Waals surface area contributed by atoms with Crippen molar-refractivity contribution in [1.82, 2.24) is 9.78 Å². The maximum absolute atomic E-state index is 12.5. The Morgan fingerprint density at radius 1 is 1.00 bits per heavy atom. The highest BCUT2D eigenvalue weighted by Crippen LogP contribution is 2.20. The molecule has 1 aromatic heterocycles. The number of para-hydroxylation sites is 1. The van der Waals surface area contributed by atoms with E-state index in [4.69, 9.17) is 5.73 Å². The highest BCUT2D eigenvalue weighted by Gasteiger charge is 2.07. The second-order valence-corrected chi connectivity index (χ2v) is 4.51. The zero-order chi connectivity index (χ0) is 13.2. The number of rotatable bonds is 3. The van der Waals surface area contributed by atoms with E-state index in [1.807, 2.05) is 41.1 Å². The third kappa shape index (κ3) is 2.17. The van der Waals surface area contributed by atoms with Crippen molar-refractivity contribution >= 4 is 16.7 Å². The molecule has 0 radical (unpaired) electrons. The van der Waals surface area contributed by atoms with Crippen molar-refractivity contribution in [3.8, 4) is 0 Å². The molecular formula is C15H14FN3. The van der Waals surface area contributed by atoms with E-state index in [0.717, 1.165) is 16.5 Å². The first-order chi connectivity index (χ1) is 9.28. The molecule has 0 spiro atoms. The van der Waals surface area contributed by atoms with Crippen LogP contribution in [-0.2, 0) is 13.2 Å². The molecule has 96 valence electrons. The SMILES string of the molecule is Nc1nn(Cc2ccc(CF)cc2)c2ccccc12. The van der Waals surface area contributed by atoms with Gasteiger partial charge in [0.15, 0.2) is 5.82 Å². The molecule has 0 fully saturated rings. The van der Waals surface area contributed by atoms with Crippen molar-refractivity contribution in [2.24, 2.45) is 0 Å². The molecule has 0 atom stereocenters. The average Bonchev–Trinajstić information content (AvgIpc) is 2.77. The van der Waals surface area contributed by atoms with Crippen LogP contribution < -0.4 is 5.73 Å². The Bertz CT molecular complexity index is 701. The van der Waals surface area contributed by atoms with Crippen LogP contribution in [0.4, 0.5) is 10.2 Å². The summed E-state index contributed by atoms with van der Waals surface area (Å²) in [7, 11) is 0. The van der Waals surface area contributed by atoms with Gasteiger partial charge in [0.05, 0.1) is 12.1 Å². The number of halogens is 1. The van der Waals surface area contributed by atoms with Gasteiger partial charge in [0.1, 0.15) is 6.67 Å². The van der Waals surface area contributed by atoms with Gasteiger partial charge in [0.2, 0.25) is 0 Å². The molecule has 0 aliphatic carbocycles. The van der Waals surface area contributed by atoms with E-state index in [-0.39, 0.29) is 0 Å². The van der Waals surface area contributed by atoms with Gasteiger partial charge in [-0.15, -0.1) is 0 Å². The van der Waals surface area contributed by atoms with E-state index < -0.39 is 6.67 Å². The number of nitrogens with two attached hydrogens (primary N) is 1. The van der Waals surface area contributed by atoms with Gasteiger partial charge in [0, 0.05) is 5.39 Å². The molecule has 3 aromatic rings. The fourth-order valence-electron chi connectivity index (χ4n) is 2.18. The van der Waals surface area contributed by atoms with Crippen molar-refractivity contribution in [3.63, 3.8) is 0 Å². The number of alkyl halides is 1. The lowest BCUT2D eigenvalue weighted by molar-refractivity contribution is 0.485. The first-order valence-electron chi connectivity index (χ1n) is 6.13. The number of benzene rings is 2. The van der Waals surface area contributed by atoms with Gasteiger partial charge in [-0.05, 0) is 23.3 Å². The van der Waals surface area contributed by atoms with Crippen molar-refractivity contribution < 1.29 is 4.39 Å². The van der Waals surface area contributed by atoms with Gasteiger partial charge < -0.3 is 5.73 Å². The molecular weight excluding hydrogens is 241 g/mol. The molecule has 3 nitrogen and oxygen atoms in total. The predicted octanol–water partition coefficient (Wildman–Crippen LogP) is 3.14. The molecule has 0 bridgehead atoms. The Hall–Kier alpha value is -2.36. The summed E-state index contributed by atoms with van der Waals surface area (Å²) in [5.74, 6) is 0.538. The molecule has 0 aliphatic heterocycles. The van der Waals surface area contributed by atoms with Crippen LogP contribution in [0.3, 0.4) is 0 Å². The van der Waals surface area contributed by atoms with E-state index in [1.54, 1.807) is 12.1 Å². The van der Waals surface area contributed by atoms with Crippen LogP contribution in [0.2, 0.25) is 0 Å². The monoisotopic (exact) mass is 255 g/mol. The molecule has 0 aliphatic rings. The zero-order valence-electron chi connectivity index (χ0n) is 10.4. The normalized spacial score (nSPS) is 11.0. The van der Waals surface area contributed by atoms with Crippen molar-refractivity contribution in [3.05, 3.63) is 59.7 Å². The lowest BCUT2D eigenvalue weighted by Crippen LogP contribution is -2.02. The Balaban J connectivity index is 1.96.